The number of carbonyl (C=O) groups is 1. The van der Waals surface area contributed by atoms with Gasteiger partial charge in [-0.2, -0.15) is 0 Å². The zero-order chi connectivity index (χ0) is 14.7. The van der Waals surface area contributed by atoms with Gasteiger partial charge < -0.3 is 14.5 Å². The van der Waals surface area contributed by atoms with Gasteiger partial charge in [-0.1, -0.05) is 11.3 Å². The highest BCUT2D eigenvalue weighted by Crippen LogP contribution is 2.26. The topological polar surface area (TPSA) is 57.7 Å². The van der Waals surface area contributed by atoms with Crippen molar-refractivity contribution in [2.75, 3.05) is 43.5 Å². The van der Waals surface area contributed by atoms with Gasteiger partial charge in [-0.25, -0.2) is 9.78 Å². The lowest BCUT2D eigenvalue weighted by molar-refractivity contribution is 0.208. The van der Waals surface area contributed by atoms with E-state index in [1.54, 1.807) is 24.6 Å². The third kappa shape index (κ3) is 3.27. The minimum absolute atomic E-state index is 0.0992. The Morgan fingerprint density at radius 1 is 1.38 bits per heavy atom. The van der Waals surface area contributed by atoms with Gasteiger partial charge in [0.15, 0.2) is 10.2 Å². The van der Waals surface area contributed by atoms with E-state index in [1.807, 2.05) is 4.90 Å². The van der Waals surface area contributed by atoms with Gasteiger partial charge in [-0.05, 0) is 17.5 Å². The molecule has 0 radical (unpaired) electrons. The Kier molecular flexibility index (Phi) is 4.26. The van der Waals surface area contributed by atoms with Gasteiger partial charge in [0.05, 0.1) is 18.3 Å². The number of methoxy groups -OCH3 is 1. The van der Waals surface area contributed by atoms with Crippen LogP contribution in [-0.4, -0.2) is 49.2 Å². The number of thiophene rings is 1. The second-order valence-corrected chi connectivity index (χ2v) is 6.46. The van der Waals surface area contributed by atoms with E-state index in [0.29, 0.717) is 23.3 Å². The fraction of sp³-hybridized carbons (Fsp3) is 0.385. The molecule has 2 aromatic rings. The zero-order valence-electron chi connectivity index (χ0n) is 11.6. The summed E-state index contributed by atoms with van der Waals surface area (Å²) in [6, 6.07) is 4.06. The van der Waals surface area contributed by atoms with E-state index in [0.717, 1.165) is 13.1 Å². The number of urea groups is 1. The Labute approximate surface area is 131 Å². The maximum atomic E-state index is 12.2. The lowest BCUT2D eigenvalue weighted by atomic mass is 10.3. The summed E-state index contributed by atoms with van der Waals surface area (Å²) < 4.78 is 5.06. The molecule has 0 aliphatic carbocycles. The molecule has 1 aliphatic heterocycles. The molecule has 6 nitrogen and oxygen atoms in total. The number of amides is 2. The highest BCUT2D eigenvalue weighted by atomic mass is 32.1. The largest absolute Gasteiger partial charge is 0.486 e. The molecule has 2 aromatic heterocycles. The van der Waals surface area contributed by atoms with Gasteiger partial charge in [0.1, 0.15) is 0 Å². The molecule has 0 bridgehead atoms. The van der Waals surface area contributed by atoms with Gasteiger partial charge in [-0.3, -0.25) is 5.32 Å². The van der Waals surface area contributed by atoms with Crippen LogP contribution >= 0.6 is 22.7 Å². The van der Waals surface area contributed by atoms with Crippen molar-refractivity contribution in [3.63, 3.8) is 0 Å². The molecular formula is C13H16N4O2S2. The smallest absolute Gasteiger partial charge is 0.323 e. The maximum absolute atomic E-state index is 12.2. The predicted molar refractivity (Wildman–Crippen MR) is 85.8 cm³/mol. The number of aromatic nitrogens is 1. The van der Waals surface area contributed by atoms with Gasteiger partial charge >= 0.3 is 6.03 Å². The van der Waals surface area contributed by atoms with Crippen molar-refractivity contribution in [2.45, 2.75) is 0 Å². The van der Waals surface area contributed by atoms with Crippen LogP contribution in [0.5, 0.6) is 5.06 Å². The summed E-state index contributed by atoms with van der Waals surface area (Å²) in [7, 11) is 1.59. The lowest BCUT2D eigenvalue weighted by Gasteiger charge is -2.35. The van der Waals surface area contributed by atoms with Crippen LogP contribution in [0.1, 0.15) is 0 Å². The molecule has 8 heteroatoms. The number of anilines is 2. The normalized spacial score (nSPS) is 15.1. The second-order valence-electron chi connectivity index (χ2n) is 4.54. The first kappa shape index (κ1) is 14.2. The fourth-order valence-corrected chi connectivity index (χ4v) is 3.57. The first-order valence-corrected chi connectivity index (χ1v) is 8.30. The van der Waals surface area contributed by atoms with Crippen LogP contribution in [-0.2, 0) is 0 Å². The molecule has 0 unspecified atom stereocenters. The Balaban J connectivity index is 1.53. The Bertz CT molecular complexity index is 591. The molecule has 1 aliphatic rings. The quantitative estimate of drug-likeness (QED) is 0.943. The number of rotatable bonds is 3. The molecule has 0 saturated carbocycles. The van der Waals surface area contributed by atoms with Crippen LogP contribution < -0.4 is 15.0 Å². The average Bonchev–Trinajstić information content (AvgIpc) is 3.19. The summed E-state index contributed by atoms with van der Waals surface area (Å²) in [6.07, 6.45) is 1.61. The van der Waals surface area contributed by atoms with Crippen LogP contribution in [0.25, 0.3) is 0 Å². The minimum Gasteiger partial charge on any atom is -0.486 e. The number of hydrogen-bond donors (Lipinski definition) is 1. The summed E-state index contributed by atoms with van der Waals surface area (Å²) in [6.45, 7) is 3.14. The van der Waals surface area contributed by atoms with Crippen molar-refractivity contribution < 1.29 is 9.53 Å². The van der Waals surface area contributed by atoms with Crippen molar-refractivity contribution in [2.24, 2.45) is 0 Å². The van der Waals surface area contributed by atoms with Crippen LogP contribution in [0, 0.1) is 0 Å². The molecular weight excluding hydrogens is 308 g/mol. The number of hydrogen-bond acceptors (Lipinski definition) is 6. The number of piperazine rings is 1. The number of carbonyl (C=O) groups excluding carboxylic acids is 1. The molecule has 0 aromatic carbocycles. The van der Waals surface area contributed by atoms with Gasteiger partial charge in [0.25, 0.3) is 0 Å². The standard InChI is InChI=1S/C13H16N4O2S2/c1-19-11-9-14-12(21-11)15-13(18)17-6-4-16(5-7-17)10-3-2-8-20-10/h2-3,8-9H,4-7H2,1H3,(H,14,15,18). The van der Waals surface area contributed by atoms with Crippen LogP contribution in [0.3, 0.4) is 0 Å². The Morgan fingerprint density at radius 3 is 2.81 bits per heavy atom. The zero-order valence-corrected chi connectivity index (χ0v) is 13.2. The molecule has 0 spiro atoms. The van der Waals surface area contributed by atoms with Crippen LogP contribution in [0.2, 0.25) is 0 Å². The summed E-state index contributed by atoms with van der Waals surface area (Å²) in [5.74, 6) is 0. The summed E-state index contributed by atoms with van der Waals surface area (Å²) >= 11 is 3.05. The molecule has 0 atom stereocenters. The Hall–Kier alpha value is -1.80. The number of nitrogens with zero attached hydrogens (tertiary/aromatic N) is 3. The van der Waals surface area contributed by atoms with E-state index in [-0.39, 0.29) is 6.03 Å². The molecule has 112 valence electrons. The van der Waals surface area contributed by atoms with E-state index in [4.69, 9.17) is 4.74 Å². The highest BCUT2D eigenvalue weighted by Gasteiger charge is 2.22. The highest BCUT2D eigenvalue weighted by molar-refractivity contribution is 7.17. The third-order valence-electron chi connectivity index (χ3n) is 3.28. The van der Waals surface area contributed by atoms with Crippen molar-refractivity contribution in [1.82, 2.24) is 9.88 Å². The summed E-state index contributed by atoms with van der Waals surface area (Å²) in [5.41, 5.74) is 0. The van der Waals surface area contributed by atoms with Crippen molar-refractivity contribution >= 4 is 38.8 Å². The average molecular weight is 324 g/mol. The molecule has 2 amide bonds. The Morgan fingerprint density at radius 2 is 2.19 bits per heavy atom. The third-order valence-corrected chi connectivity index (χ3v) is 5.09. The SMILES string of the molecule is COc1cnc(NC(=O)N2CCN(c3cccs3)CC2)s1. The van der Waals surface area contributed by atoms with Gasteiger partial charge in [-0.15, -0.1) is 11.3 Å². The number of ether oxygens (including phenoxy) is 1. The maximum Gasteiger partial charge on any atom is 0.323 e. The molecule has 1 saturated heterocycles. The number of thiazole rings is 1. The van der Waals surface area contributed by atoms with Crippen molar-refractivity contribution in [3.05, 3.63) is 23.7 Å². The predicted octanol–water partition coefficient (Wildman–Crippen LogP) is 2.57. The minimum atomic E-state index is -0.0992. The van der Waals surface area contributed by atoms with E-state index in [9.17, 15) is 4.79 Å². The van der Waals surface area contributed by atoms with E-state index >= 15 is 0 Å². The molecule has 1 fully saturated rings. The number of nitrogens with one attached hydrogen (secondary N) is 1. The van der Waals surface area contributed by atoms with E-state index in [1.165, 1.54) is 16.3 Å². The fourth-order valence-electron chi connectivity index (χ4n) is 2.16. The lowest BCUT2D eigenvalue weighted by Crippen LogP contribution is -2.49. The van der Waals surface area contributed by atoms with Gasteiger partial charge in [0, 0.05) is 26.2 Å². The molecule has 21 heavy (non-hydrogen) atoms. The van der Waals surface area contributed by atoms with E-state index in [2.05, 4.69) is 32.7 Å². The van der Waals surface area contributed by atoms with Crippen molar-refractivity contribution in [1.29, 1.82) is 0 Å². The molecule has 3 heterocycles. The molecule has 3 rings (SSSR count). The monoisotopic (exact) mass is 324 g/mol. The first-order chi connectivity index (χ1) is 10.3. The summed E-state index contributed by atoms with van der Waals surface area (Å²) in [5, 5.41) is 7.41. The summed E-state index contributed by atoms with van der Waals surface area (Å²) in [4.78, 5) is 20.4. The first-order valence-electron chi connectivity index (χ1n) is 6.60. The van der Waals surface area contributed by atoms with E-state index < -0.39 is 0 Å². The van der Waals surface area contributed by atoms with Gasteiger partial charge in [0.2, 0.25) is 0 Å². The second kappa shape index (κ2) is 6.31. The van der Waals surface area contributed by atoms with Crippen LogP contribution in [0.4, 0.5) is 14.9 Å². The molecule has 1 N–H and O–H groups in total. The van der Waals surface area contributed by atoms with Crippen LogP contribution in [0.15, 0.2) is 23.7 Å². The van der Waals surface area contributed by atoms with Crippen molar-refractivity contribution in [3.8, 4) is 5.06 Å².